The Labute approximate surface area is 83.5 Å². The Kier molecular flexibility index (Phi) is 2.63. The lowest BCUT2D eigenvalue weighted by Gasteiger charge is -2.06. The first-order valence-corrected chi connectivity index (χ1v) is 4.88. The van der Waals surface area contributed by atoms with Crippen LogP contribution in [0, 0.1) is 0 Å². The van der Waals surface area contributed by atoms with Crippen molar-refractivity contribution in [3.8, 4) is 5.75 Å². The van der Waals surface area contributed by atoms with Gasteiger partial charge in [-0.15, -0.1) is 0 Å². The Hall–Kier alpha value is -1.57. The summed E-state index contributed by atoms with van der Waals surface area (Å²) in [5.74, 6) is 0.880. The van der Waals surface area contributed by atoms with Gasteiger partial charge >= 0.3 is 0 Å². The third-order valence-electron chi connectivity index (χ3n) is 2.06. The molecule has 0 atom stereocenters. The molecule has 0 spiro atoms. The second-order valence-corrected chi connectivity index (χ2v) is 3.18. The molecule has 2 heteroatoms. The Morgan fingerprint density at radius 2 is 2.07 bits per heavy atom. The smallest absolute Gasteiger partial charge is 0.145 e. The molecule has 1 heterocycles. The molecule has 0 saturated carbocycles. The summed E-state index contributed by atoms with van der Waals surface area (Å²) < 4.78 is 5.61. The monoisotopic (exact) mass is 187 g/mol. The fourth-order valence-corrected chi connectivity index (χ4v) is 1.40. The zero-order valence-corrected chi connectivity index (χ0v) is 8.23. The number of hydrogen-bond donors (Lipinski definition) is 0. The van der Waals surface area contributed by atoms with Gasteiger partial charge in [-0.1, -0.05) is 25.1 Å². The van der Waals surface area contributed by atoms with Crippen molar-refractivity contribution >= 4 is 10.9 Å². The number of aromatic nitrogens is 1. The fourth-order valence-electron chi connectivity index (χ4n) is 1.40. The zero-order chi connectivity index (χ0) is 9.80. The van der Waals surface area contributed by atoms with Crippen LogP contribution in [-0.4, -0.2) is 11.6 Å². The summed E-state index contributed by atoms with van der Waals surface area (Å²) in [6, 6.07) is 9.98. The Morgan fingerprint density at radius 3 is 2.93 bits per heavy atom. The van der Waals surface area contributed by atoms with Gasteiger partial charge in [0.05, 0.1) is 6.61 Å². The zero-order valence-electron chi connectivity index (χ0n) is 8.23. The van der Waals surface area contributed by atoms with Crippen LogP contribution < -0.4 is 4.74 Å². The van der Waals surface area contributed by atoms with Crippen LogP contribution in [0.5, 0.6) is 5.75 Å². The molecule has 1 aromatic carbocycles. The highest BCUT2D eigenvalue weighted by Crippen LogP contribution is 2.22. The van der Waals surface area contributed by atoms with E-state index in [4.69, 9.17) is 4.74 Å². The lowest BCUT2D eigenvalue weighted by molar-refractivity contribution is 0.320. The average Bonchev–Trinajstić information content (AvgIpc) is 2.26. The van der Waals surface area contributed by atoms with Crippen molar-refractivity contribution in [3.05, 3.63) is 36.5 Å². The molecule has 0 aliphatic rings. The second-order valence-electron chi connectivity index (χ2n) is 3.18. The highest BCUT2D eigenvalue weighted by atomic mass is 16.5. The number of ether oxygens (including phenoxy) is 1. The molecular weight excluding hydrogens is 174 g/mol. The largest absolute Gasteiger partial charge is 0.491 e. The lowest BCUT2D eigenvalue weighted by atomic mass is 10.2. The van der Waals surface area contributed by atoms with Crippen LogP contribution >= 0.6 is 0 Å². The van der Waals surface area contributed by atoms with E-state index in [0.717, 1.165) is 29.7 Å². The molecule has 14 heavy (non-hydrogen) atoms. The molecule has 0 saturated heterocycles. The topological polar surface area (TPSA) is 22.1 Å². The third kappa shape index (κ3) is 1.69. The quantitative estimate of drug-likeness (QED) is 0.736. The van der Waals surface area contributed by atoms with Crippen LogP contribution in [0.4, 0.5) is 0 Å². The van der Waals surface area contributed by atoms with E-state index in [9.17, 15) is 0 Å². The number of para-hydroxylation sites is 1. The fraction of sp³-hybridized carbons (Fsp3) is 0.250. The van der Waals surface area contributed by atoms with E-state index in [1.165, 1.54) is 0 Å². The number of pyridine rings is 1. The molecule has 0 bridgehead atoms. The van der Waals surface area contributed by atoms with Crippen LogP contribution in [0.1, 0.15) is 13.3 Å². The maximum absolute atomic E-state index is 5.61. The van der Waals surface area contributed by atoms with E-state index in [-0.39, 0.29) is 0 Å². The molecule has 2 aromatic rings. The van der Waals surface area contributed by atoms with Crippen molar-refractivity contribution in [2.75, 3.05) is 6.61 Å². The number of nitrogens with zero attached hydrogens (tertiary/aromatic N) is 1. The van der Waals surface area contributed by atoms with Gasteiger partial charge in [0.2, 0.25) is 0 Å². The van der Waals surface area contributed by atoms with Crippen molar-refractivity contribution in [1.82, 2.24) is 4.98 Å². The number of fused-ring (bicyclic) bond motifs is 1. The Balaban J connectivity index is 2.43. The SMILES string of the molecule is CCCOc1cccc2cccnc12. The van der Waals surface area contributed by atoms with Crippen molar-refractivity contribution in [2.24, 2.45) is 0 Å². The first-order valence-electron chi connectivity index (χ1n) is 4.88. The maximum Gasteiger partial charge on any atom is 0.145 e. The minimum absolute atomic E-state index is 0.746. The van der Waals surface area contributed by atoms with E-state index in [2.05, 4.69) is 11.9 Å². The third-order valence-corrected chi connectivity index (χ3v) is 2.06. The van der Waals surface area contributed by atoms with E-state index < -0.39 is 0 Å². The molecule has 0 radical (unpaired) electrons. The highest BCUT2D eigenvalue weighted by molar-refractivity contribution is 5.84. The molecule has 0 N–H and O–H groups in total. The number of rotatable bonds is 3. The van der Waals surface area contributed by atoms with Gasteiger partial charge in [0.1, 0.15) is 11.3 Å². The van der Waals surface area contributed by atoms with Crippen molar-refractivity contribution in [3.63, 3.8) is 0 Å². The Bertz CT molecular complexity index is 420. The first kappa shape index (κ1) is 9.00. The van der Waals surface area contributed by atoms with Gasteiger partial charge in [-0.25, -0.2) is 0 Å². The van der Waals surface area contributed by atoms with Gasteiger partial charge < -0.3 is 4.74 Å². The molecule has 0 amide bonds. The van der Waals surface area contributed by atoms with Crippen molar-refractivity contribution < 1.29 is 4.74 Å². The lowest BCUT2D eigenvalue weighted by Crippen LogP contribution is -1.96. The first-order chi connectivity index (χ1) is 6.92. The summed E-state index contributed by atoms with van der Waals surface area (Å²) in [5, 5.41) is 1.13. The molecule has 0 aliphatic carbocycles. The molecule has 2 nitrogen and oxygen atoms in total. The minimum atomic E-state index is 0.746. The van der Waals surface area contributed by atoms with E-state index in [1.54, 1.807) is 6.20 Å². The van der Waals surface area contributed by atoms with Crippen LogP contribution in [0.3, 0.4) is 0 Å². The summed E-state index contributed by atoms with van der Waals surface area (Å²) in [6.45, 7) is 2.84. The predicted octanol–water partition coefficient (Wildman–Crippen LogP) is 3.02. The van der Waals surface area contributed by atoms with E-state index in [0.29, 0.717) is 0 Å². The average molecular weight is 187 g/mol. The molecule has 0 unspecified atom stereocenters. The van der Waals surface area contributed by atoms with Crippen molar-refractivity contribution in [1.29, 1.82) is 0 Å². The summed E-state index contributed by atoms with van der Waals surface area (Å²) in [6.07, 6.45) is 2.81. The van der Waals surface area contributed by atoms with Crippen LogP contribution in [0.15, 0.2) is 36.5 Å². The van der Waals surface area contributed by atoms with Crippen LogP contribution in [-0.2, 0) is 0 Å². The van der Waals surface area contributed by atoms with Crippen LogP contribution in [0.2, 0.25) is 0 Å². The summed E-state index contributed by atoms with van der Waals surface area (Å²) in [7, 11) is 0. The molecule has 0 fully saturated rings. The van der Waals surface area contributed by atoms with Crippen LogP contribution in [0.25, 0.3) is 10.9 Å². The van der Waals surface area contributed by atoms with Gasteiger partial charge in [-0.2, -0.15) is 0 Å². The summed E-state index contributed by atoms with van der Waals surface area (Å²) >= 11 is 0. The van der Waals surface area contributed by atoms with Gasteiger partial charge in [-0.3, -0.25) is 4.98 Å². The van der Waals surface area contributed by atoms with Gasteiger partial charge in [-0.05, 0) is 18.6 Å². The van der Waals surface area contributed by atoms with Gasteiger partial charge in [0, 0.05) is 11.6 Å². The normalized spacial score (nSPS) is 10.4. The number of benzene rings is 1. The molecule has 1 aromatic heterocycles. The molecule has 2 rings (SSSR count). The van der Waals surface area contributed by atoms with E-state index in [1.807, 2.05) is 30.3 Å². The number of hydrogen-bond acceptors (Lipinski definition) is 2. The second kappa shape index (κ2) is 4.09. The summed E-state index contributed by atoms with van der Waals surface area (Å²) in [5.41, 5.74) is 0.948. The van der Waals surface area contributed by atoms with Crippen molar-refractivity contribution in [2.45, 2.75) is 13.3 Å². The maximum atomic E-state index is 5.61. The molecular formula is C12H13NO. The predicted molar refractivity (Wildman–Crippen MR) is 57.5 cm³/mol. The highest BCUT2D eigenvalue weighted by Gasteiger charge is 2.00. The molecule has 72 valence electrons. The standard InChI is InChI=1S/C12H13NO/c1-2-9-14-11-7-3-5-10-6-4-8-13-12(10)11/h3-8H,2,9H2,1H3. The minimum Gasteiger partial charge on any atom is -0.491 e. The van der Waals surface area contributed by atoms with E-state index >= 15 is 0 Å². The van der Waals surface area contributed by atoms with Gasteiger partial charge in [0.25, 0.3) is 0 Å². The molecule has 0 aliphatic heterocycles. The van der Waals surface area contributed by atoms with Gasteiger partial charge in [0.15, 0.2) is 0 Å². The Morgan fingerprint density at radius 1 is 1.21 bits per heavy atom. The summed E-state index contributed by atoms with van der Waals surface area (Å²) in [4.78, 5) is 4.31.